The van der Waals surface area contributed by atoms with E-state index in [9.17, 15) is 9.18 Å². The zero-order chi connectivity index (χ0) is 13.5. The second-order valence-corrected chi connectivity index (χ2v) is 4.24. The van der Waals surface area contributed by atoms with E-state index in [1.54, 1.807) is 20.1 Å². The predicted molar refractivity (Wildman–Crippen MR) is 69.1 cm³/mol. The monoisotopic (exact) mass is 254 g/mol. The fourth-order valence-corrected chi connectivity index (χ4v) is 1.62. The van der Waals surface area contributed by atoms with Crippen LogP contribution in [-0.2, 0) is 9.53 Å². The maximum absolute atomic E-state index is 12.9. The van der Waals surface area contributed by atoms with Gasteiger partial charge in [-0.2, -0.15) is 0 Å². The Bertz CT molecular complexity index is 410. The lowest BCUT2D eigenvalue weighted by atomic mass is 10.2. The van der Waals surface area contributed by atoms with Crippen LogP contribution in [0, 0.1) is 12.7 Å². The third-order valence-electron chi connectivity index (χ3n) is 2.45. The maximum atomic E-state index is 12.9. The van der Waals surface area contributed by atoms with Gasteiger partial charge in [0.25, 0.3) is 0 Å². The molecule has 0 radical (unpaired) electrons. The van der Waals surface area contributed by atoms with E-state index in [1.165, 1.54) is 12.1 Å². The van der Waals surface area contributed by atoms with Gasteiger partial charge in [0, 0.05) is 18.8 Å². The number of aryl methyl sites for hydroxylation is 1. The van der Waals surface area contributed by atoms with Crippen molar-refractivity contribution in [3.63, 3.8) is 0 Å². The number of anilines is 1. The topological polar surface area (TPSA) is 50.4 Å². The van der Waals surface area contributed by atoms with Gasteiger partial charge in [0.1, 0.15) is 5.82 Å². The highest BCUT2D eigenvalue weighted by Crippen LogP contribution is 2.14. The van der Waals surface area contributed by atoms with E-state index in [0.717, 1.165) is 11.3 Å². The van der Waals surface area contributed by atoms with Crippen LogP contribution in [0.5, 0.6) is 0 Å². The Labute approximate surface area is 107 Å². The molecule has 1 unspecified atom stereocenters. The van der Waals surface area contributed by atoms with Crippen LogP contribution >= 0.6 is 0 Å². The van der Waals surface area contributed by atoms with Gasteiger partial charge in [0.05, 0.1) is 13.2 Å². The molecule has 5 heteroatoms. The van der Waals surface area contributed by atoms with E-state index < -0.39 is 0 Å². The molecule has 0 aliphatic heterocycles. The van der Waals surface area contributed by atoms with Crippen molar-refractivity contribution in [1.29, 1.82) is 0 Å². The van der Waals surface area contributed by atoms with E-state index in [0.29, 0.717) is 6.61 Å². The van der Waals surface area contributed by atoms with E-state index >= 15 is 0 Å². The van der Waals surface area contributed by atoms with Crippen LogP contribution in [0.2, 0.25) is 0 Å². The van der Waals surface area contributed by atoms with Crippen molar-refractivity contribution in [2.24, 2.45) is 0 Å². The Morgan fingerprint density at radius 2 is 2.22 bits per heavy atom. The van der Waals surface area contributed by atoms with Gasteiger partial charge in [-0.25, -0.2) is 4.39 Å². The van der Waals surface area contributed by atoms with Crippen molar-refractivity contribution in [3.05, 3.63) is 29.6 Å². The molecular weight excluding hydrogens is 235 g/mol. The summed E-state index contributed by atoms with van der Waals surface area (Å²) in [4.78, 5) is 11.6. The van der Waals surface area contributed by atoms with Crippen molar-refractivity contribution in [3.8, 4) is 0 Å². The fraction of sp³-hybridized carbons (Fsp3) is 0.462. The normalized spacial score (nSPS) is 12.0. The fourth-order valence-electron chi connectivity index (χ4n) is 1.62. The van der Waals surface area contributed by atoms with Gasteiger partial charge in [-0.05, 0) is 37.6 Å². The SMILES string of the molecule is COCC(C)NC(=O)CNc1ccc(F)cc1C. The Kier molecular flexibility index (Phi) is 5.58. The van der Waals surface area contributed by atoms with Gasteiger partial charge in [-0.15, -0.1) is 0 Å². The lowest BCUT2D eigenvalue weighted by molar-refractivity contribution is -0.120. The largest absolute Gasteiger partial charge is 0.383 e. The minimum Gasteiger partial charge on any atom is -0.383 e. The maximum Gasteiger partial charge on any atom is 0.239 e. The molecule has 0 aliphatic carbocycles. The highest BCUT2D eigenvalue weighted by molar-refractivity contribution is 5.81. The van der Waals surface area contributed by atoms with Gasteiger partial charge >= 0.3 is 0 Å². The molecule has 1 amide bonds. The summed E-state index contributed by atoms with van der Waals surface area (Å²) < 4.78 is 17.8. The molecule has 0 heterocycles. The molecule has 0 spiro atoms. The molecule has 1 rings (SSSR count). The van der Waals surface area contributed by atoms with Gasteiger partial charge in [0.2, 0.25) is 5.91 Å². The minimum atomic E-state index is -0.281. The number of nitrogens with one attached hydrogen (secondary N) is 2. The zero-order valence-corrected chi connectivity index (χ0v) is 10.9. The third kappa shape index (κ3) is 4.71. The molecule has 100 valence electrons. The molecule has 2 N–H and O–H groups in total. The summed E-state index contributed by atoms with van der Waals surface area (Å²) in [5.74, 6) is -0.403. The summed E-state index contributed by atoms with van der Waals surface area (Å²) in [5, 5.41) is 5.75. The van der Waals surface area contributed by atoms with E-state index in [2.05, 4.69) is 10.6 Å². The highest BCUT2D eigenvalue weighted by Gasteiger charge is 2.07. The Morgan fingerprint density at radius 1 is 1.50 bits per heavy atom. The molecule has 18 heavy (non-hydrogen) atoms. The molecule has 0 aliphatic rings. The molecule has 0 saturated carbocycles. The number of ether oxygens (including phenoxy) is 1. The smallest absolute Gasteiger partial charge is 0.239 e. The van der Waals surface area contributed by atoms with E-state index in [-0.39, 0.29) is 24.3 Å². The number of carbonyl (C=O) groups is 1. The van der Waals surface area contributed by atoms with Crippen molar-refractivity contribution in [2.75, 3.05) is 25.6 Å². The van der Waals surface area contributed by atoms with Crippen LogP contribution in [0.25, 0.3) is 0 Å². The van der Waals surface area contributed by atoms with Crippen LogP contribution in [0.1, 0.15) is 12.5 Å². The molecular formula is C13H19FN2O2. The minimum absolute atomic E-state index is 0.0291. The first-order valence-corrected chi connectivity index (χ1v) is 5.81. The number of rotatable bonds is 6. The Balaban J connectivity index is 2.42. The van der Waals surface area contributed by atoms with Crippen LogP contribution in [0.4, 0.5) is 10.1 Å². The first kappa shape index (κ1) is 14.4. The molecule has 0 fully saturated rings. The summed E-state index contributed by atoms with van der Waals surface area (Å²) in [6.45, 7) is 4.28. The number of amides is 1. The molecule has 1 atom stereocenters. The van der Waals surface area contributed by atoms with Crippen LogP contribution in [0.15, 0.2) is 18.2 Å². The van der Waals surface area contributed by atoms with E-state index in [1.807, 2.05) is 6.92 Å². The van der Waals surface area contributed by atoms with Crippen molar-refractivity contribution >= 4 is 11.6 Å². The van der Waals surface area contributed by atoms with Crippen molar-refractivity contribution < 1.29 is 13.9 Å². The van der Waals surface area contributed by atoms with Gasteiger partial charge in [-0.1, -0.05) is 0 Å². The second kappa shape index (κ2) is 6.96. The first-order chi connectivity index (χ1) is 8.52. The van der Waals surface area contributed by atoms with Gasteiger partial charge < -0.3 is 15.4 Å². The first-order valence-electron chi connectivity index (χ1n) is 5.81. The standard InChI is InChI=1S/C13H19FN2O2/c1-9-6-11(14)4-5-12(9)15-7-13(17)16-10(2)8-18-3/h4-6,10,15H,7-8H2,1-3H3,(H,16,17). The number of methoxy groups -OCH3 is 1. The van der Waals surface area contributed by atoms with Crippen molar-refractivity contribution in [1.82, 2.24) is 5.32 Å². The number of halogens is 1. The average molecular weight is 254 g/mol. The number of hydrogen-bond donors (Lipinski definition) is 2. The average Bonchev–Trinajstić information content (AvgIpc) is 2.28. The number of benzene rings is 1. The summed E-state index contributed by atoms with van der Waals surface area (Å²) in [6.07, 6.45) is 0. The molecule has 4 nitrogen and oxygen atoms in total. The predicted octanol–water partition coefficient (Wildman–Crippen LogP) is 1.70. The summed E-state index contributed by atoms with van der Waals surface area (Å²) in [5.41, 5.74) is 1.53. The van der Waals surface area contributed by atoms with Gasteiger partial charge in [0.15, 0.2) is 0 Å². The molecule has 1 aromatic carbocycles. The molecule has 0 bridgehead atoms. The van der Waals surface area contributed by atoms with Crippen LogP contribution in [0.3, 0.4) is 0 Å². The van der Waals surface area contributed by atoms with Crippen LogP contribution in [-0.4, -0.2) is 32.2 Å². The third-order valence-corrected chi connectivity index (χ3v) is 2.45. The van der Waals surface area contributed by atoms with E-state index in [4.69, 9.17) is 4.74 Å². The highest BCUT2D eigenvalue weighted by atomic mass is 19.1. The lowest BCUT2D eigenvalue weighted by Gasteiger charge is -2.14. The Morgan fingerprint density at radius 3 is 2.83 bits per heavy atom. The quantitative estimate of drug-likeness (QED) is 0.812. The van der Waals surface area contributed by atoms with Crippen LogP contribution < -0.4 is 10.6 Å². The molecule has 0 aromatic heterocycles. The Hall–Kier alpha value is -1.62. The molecule has 0 saturated heterocycles. The summed E-state index contributed by atoms with van der Waals surface area (Å²) in [6, 6.07) is 4.38. The summed E-state index contributed by atoms with van der Waals surface area (Å²) >= 11 is 0. The van der Waals surface area contributed by atoms with Gasteiger partial charge in [-0.3, -0.25) is 4.79 Å². The zero-order valence-electron chi connectivity index (χ0n) is 10.9. The number of hydrogen-bond acceptors (Lipinski definition) is 3. The lowest BCUT2D eigenvalue weighted by Crippen LogP contribution is -2.39. The molecule has 1 aromatic rings. The van der Waals surface area contributed by atoms with Crippen molar-refractivity contribution in [2.45, 2.75) is 19.9 Å². The number of carbonyl (C=O) groups excluding carboxylic acids is 1. The summed E-state index contributed by atoms with van der Waals surface area (Å²) in [7, 11) is 1.59. The second-order valence-electron chi connectivity index (χ2n) is 4.24.